The Hall–Kier alpha value is -3.17. The number of benzene rings is 3. The van der Waals surface area contributed by atoms with Gasteiger partial charge in [-0.2, -0.15) is 0 Å². The number of unbranched alkanes of at least 4 members (excludes halogenated alkanes) is 1. The van der Waals surface area contributed by atoms with E-state index in [9.17, 15) is 9.59 Å². The van der Waals surface area contributed by atoms with Crippen LogP contribution >= 0.6 is 28.1 Å². The van der Waals surface area contributed by atoms with Crippen LogP contribution in [0.25, 0.3) is 10.8 Å². The van der Waals surface area contributed by atoms with Crippen LogP contribution in [-0.4, -0.2) is 29.6 Å². The van der Waals surface area contributed by atoms with Gasteiger partial charge in [0.1, 0.15) is 11.5 Å². The van der Waals surface area contributed by atoms with Crippen LogP contribution in [0.4, 0.5) is 0 Å². The van der Waals surface area contributed by atoms with E-state index in [2.05, 4.69) is 39.0 Å². The van der Waals surface area contributed by atoms with Crippen LogP contribution in [0.1, 0.15) is 37.0 Å². The Labute approximate surface area is 212 Å². The number of halogens is 1. The first-order chi connectivity index (χ1) is 16.4. The second-order valence-corrected chi connectivity index (χ2v) is 8.83. The summed E-state index contributed by atoms with van der Waals surface area (Å²) in [5.74, 6) is 0.122. The van der Waals surface area contributed by atoms with Gasteiger partial charge in [-0.15, -0.1) is 0 Å². The van der Waals surface area contributed by atoms with Crippen molar-refractivity contribution >= 4 is 55.8 Å². The van der Waals surface area contributed by atoms with Gasteiger partial charge in [0, 0.05) is 4.47 Å². The summed E-state index contributed by atoms with van der Waals surface area (Å²) in [5, 5.41) is 4.58. The van der Waals surface area contributed by atoms with E-state index in [0.29, 0.717) is 23.7 Å². The van der Waals surface area contributed by atoms with Crippen LogP contribution in [0, 0.1) is 0 Å². The Morgan fingerprint density at radius 2 is 1.79 bits per heavy atom. The zero-order valence-corrected chi connectivity index (χ0v) is 21.3. The maximum atomic E-state index is 12.7. The van der Waals surface area contributed by atoms with Gasteiger partial charge in [0.15, 0.2) is 11.2 Å². The average Bonchev–Trinajstić information content (AvgIpc) is 2.83. The topological polar surface area (TPSA) is 88.7 Å². The first kappa shape index (κ1) is 25.5. The summed E-state index contributed by atoms with van der Waals surface area (Å²) in [7, 11) is 0. The van der Waals surface area contributed by atoms with Crippen molar-refractivity contribution in [2.45, 2.75) is 32.8 Å². The van der Waals surface area contributed by atoms with E-state index in [0.717, 1.165) is 28.1 Å². The lowest BCUT2D eigenvalue weighted by atomic mass is 10.1. The molecule has 178 valence electrons. The van der Waals surface area contributed by atoms with E-state index in [4.69, 9.17) is 21.7 Å². The van der Waals surface area contributed by atoms with Crippen molar-refractivity contribution in [3.8, 4) is 11.5 Å². The van der Waals surface area contributed by atoms with Gasteiger partial charge in [-0.25, -0.2) is 0 Å². The Balaban J connectivity index is 1.52. The summed E-state index contributed by atoms with van der Waals surface area (Å²) < 4.78 is 12.2. The fraction of sp³-hybridized carbons (Fsp3) is 0.240. The highest BCUT2D eigenvalue weighted by atomic mass is 79.9. The number of carbonyl (C=O) groups is 2. The molecule has 0 heterocycles. The summed E-state index contributed by atoms with van der Waals surface area (Å²) in [6.45, 7) is 4.19. The van der Waals surface area contributed by atoms with Crippen LogP contribution < -0.4 is 25.6 Å². The largest absolute Gasteiger partial charge is 0.493 e. The number of rotatable bonds is 8. The molecule has 2 amide bonds. The van der Waals surface area contributed by atoms with Crippen molar-refractivity contribution in [3.63, 3.8) is 0 Å². The predicted molar refractivity (Wildman–Crippen MR) is 140 cm³/mol. The third-order valence-electron chi connectivity index (χ3n) is 4.87. The second-order valence-electron chi connectivity index (χ2n) is 7.51. The average molecular weight is 544 g/mol. The highest BCUT2D eigenvalue weighted by molar-refractivity contribution is 9.10. The molecule has 0 saturated heterocycles. The predicted octanol–water partition coefficient (Wildman–Crippen LogP) is 4.88. The summed E-state index contributed by atoms with van der Waals surface area (Å²) in [6, 6.07) is 18.7. The molecule has 0 aliphatic rings. The molecule has 0 spiro atoms. The minimum absolute atomic E-state index is 0.0595. The molecule has 34 heavy (non-hydrogen) atoms. The van der Waals surface area contributed by atoms with Crippen molar-refractivity contribution in [1.29, 1.82) is 0 Å². The summed E-state index contributed by atoms with van der Waals surface area (Å²) in [4.78, 5) is 25.1. The lowest BCUT2D eigenvalue weighted by molar-refractivity contribution is -0.127. The number of hydrogen-bond donors (Lipinski definition) is 3. The highest BCUT2D eigenvalue weighted by Crippen LogP contribution is 2.24. The number of fused-ring (bicyclic) bond motifs is 1. The Morgan fingerprint density at radius 3 is 2.56 bits per heavy atom. The molecule has 0 aromatic heterocycles. The number of hydrazine groups is 1. The lowest BCUT2D eigenvalue weighted by Gasteiger charge is -2.17. The van der Waals surface area contributed by atoms with Crippen molar-refractivity contribution in [2.24, 2.45) is 0 Å². The van der Waals surface area contributed by atoms with Crippen LogP contribution in [0.3, 0.4) is 0 Å². The zero-order chi connectivity index (χ0) is 24.5. The number of thiocarbonyl (C=S) groups is 1. The molecule has 0 bridgehead atoms. The summed E-state index contributed by atoms with van der Waals surface area (Å²) >= 11 is 8.51. The maximum Gasteiger partial charge on any atom is 0.279 e. The number of ether oxygens (including phenoxy) is 2. The molecule has 9 heteroatoms. The smallest absolute Gasteiger partial charge is 0.279 e. The van der Waals surface area contributed by atoms with E-state index >= 15 is 0 Å². The van der Waals surface area contributed by atoms with Crippen molar-refractivity contribution in [1.82, 2.24) is 16.2 Å². The SMILES string of the molecule is CCCCOc1ccc(Br)cc1C(=O)NC(=S)NNC(=O)C(C)Oc1ccc2ccccc2c1. The van der Waals surface area contributed by atoms with Crippen molar-refractivity contribution in [3.05, 3.63) is 70.7 Å². The highest BCUT2D eigenvalue weighted by Gasteiger charge is 2.17. The van der Waals surface area contributed by atoms with E-state index < -0.39 is 17.9 Å². The van der Waals surface area contributed by atoms with E-state index in [-0.39, 0.29) is 5.11 Å². The summed E-state index contributed by atoms with van der Waals surface area (Å²) in [6.07, 6.45) is 1.06. The van der Waals surface area contributed by atoms with Gasteiger partial charge in [0.2, 0.25) is 0 Å². The van der Waals surface area contributed by atoms with E-state index in [1.54, 1.807) is 25.1 Å². The summed E-state index contributed by atoms with van der Waals surface area (Å²) in [5.41, 5.74) is 5.31. The molecular weight excluding hydrogens is 518 g/mol. The number of amides is 2. The lowest BCUT2D eigenvalue weighted by Crippen LogP contribution is -2.51. The van der Waals surface area contributed by atoms with Crippen LogP contribution in [-0.2, 0) is 4.79 Å². The minimum atomic E-state index is -0.796. The quantitative estimate of drug-likeness (QED) is 0.213. The van der Waals surface area contributed by atoms with E-state index in [1.807, 2.05) is 42.5 Å². The van der Waals surface area contributed by atoms with Crippen LogP contribution in [0.5, 0.6) is 11.5 Å². The van der Waals surface area contributed by atoms with Crippen LogP contribution in [0.15, 0.2) is 65.1 Å². The molecule has 7 nitrogen and oxygen atoms in total. The molecule has 1 unspecified atom stereocenters. The van der Waals surface area contributed by atoms with Gasteiger partial charge < -0.3 is 9.47 Å². The minimum Gasteiger partial charge on any atom is -0.493 e. The molecular formula is C25H26BrN3O4S. The Kier molecular flexibility index (Phi) is 9.24. The Bertz CT molecular complexity index is 1190. The van der Waals surface area contributed by atoms with Gasteiger partial charge in [-0.05, 0) is 66.7 Å². The standard InChI is InChI=1S/C25H26BrN3O4S/c1-3-4-13-32-22-12-10-19(26)15-21(22)24(31)27-25(34)29-28-23(30)16(2)33-20-11-9-17-7-5-6-8-18(17)14-20/h5-12,14-16H,3-4,13H2,1-2H3,(H,28,30)(H2,27,29,31,34). The molecule has 3 aromatic carbocycles. The monoisotopic (exact) mass is 543 g/mol. The second kappa shape index (κ2) is 12.3. The molecule has 3 N–H and O–H groups in total. The van der Waals surface area contributed by atoms with Crippen LogP contribution in [0.2, 0.25) is 0 Å². The molecule has 0 aliphatic heterocycles. The molecule has 0 radical (unpaired) electrons. The normalized spacial score (nSPS) is 11.4. The molecule has 0 saturated carbocycles. The molecule has 1 atom stereocenters. The fourth-order valence-electron chi connectivity index (χ4n) is 3.05. The number of nitrogens with one attached hydrogen (secondary N) is 3. The maximum absolute atomic E-state index is 12.7. The number of carbonyl (C=O) groups excluding carboxylic acids is 2. The molecule has 3 aromatic rings. The Morgan fingerprint density at radius 1 is 1.03 bits per heavy atom. The van der Waals surface area contributed by atoms with Gasteiger partial charge >= 0.3 is 0 Å². The van der Waals surface area contributed by atoms with Gasteiger partial charge in [0.05, 0.1) is 12.2 Å². The first-order valence-corrected chi connectivity index (χ1v) is 12.1. The van der Waals surface area contributed by atoms with Crippen molar-refractivity contribution < 1.29 is 19.1 Å². The van der Waals surface area contributed by atoms with Crippen molar-refractivity contribution in [2.75, 3.05) is 6.61 Å². The molecule has 0 fully saturated rings. The third kappa shape index (κ3) is 7.16. The first-order valence-electron chi connectivity index (χ1n) is 10.9. The van der Waals surface area contributed by atoms with Gasteiger partial charge in [-0.3, -0.25) is 25.8 Å². The van der Waals surface area contributed by atoms with Gasteiger partial charge in [0.25, 0.3) is 11.8 Å². The zero-order valence-electron chi connectivity index (χ0n) is 18.9. The molecule has 3 rings (SSSR count). The van der Waals surface area contributed by atoms with Gasteiger partial charge in [-0.1, -0.05) is 59.6 Å². The van der Waals surface area contributed by atoms with E-state index in [1.165, 1.54) is 0 Å². The molecule has 0 aliphatic carbocycles. The third-order valence-corrected chi connectivity index (χ3v) is 5.57. The fourth-order valence-corrected chi connectivity index (χ4v) is 3.56. The number of hydrogen-bond acceptors (Lipinski definition) is 5.